The van der Waals surface area contributed by atoms with Crippen molar-refractivity contribution in [1.29, 1.82) is 0 Å². The van der Waals surface area contributed by atoms with Gasteiger partial charge < -0.3 is 9.72 Å². The molecule has 0 bridgehead atoms. The number of carbonyl (C=O) groups is 1. The average Bonchev–Trinajstić information content (AvgIpc) is 3.12. The minimum absolute atomic E-state index is 0.0153. The van der Waals surface area contributed by atoms with Crippen LogP contribution in [0.1, 0.15) is 10.4 Å². The molecule has 0 saturated heterocycles. The molecule has 0 saturated carbocycles. The van der Waals surface area contributed by atoms with Crippen LogP contribution >= 0.6 is 0 Å². The topological polar surface area (TPSA) is 88.3 Å². The quantitative estimate of drug-likeness (QED) is 0.736. The molecule has 0 fully saturated rings. The highest BCUT2D eigenvalue weighted by molar-refractivity contribution is 7.90. The summed E-state index contributed by atoms with van der Waals surface area (Å²) in [6, 6.07) is 15.0. The minimum Gasteiger partial charge on any atom is -0.497 e. The van der Waals surface area contributed by atoms with Crippen molar-refractivity contribution < 1.29 is 17.9 Å². The molecule has 128 valence electrons. The molecular weight excluding hydrogens is 340 g/mol. The number of aromatic nitrogens is 1. The van der Waals surface area contributed by atoms with Crippen LogP contribution in [0.25, 0.3) is 11.1 Å². The Morgan fingerprint density at radius 1 is 1.00 bits per heavy atom. The van der Waals surface area contributed by atoms with Gasteiger partial charge in [0.1, 0.15) is 5.75 Å². The fourth-order valence-electron chi connectivity index (χ4n) is 2.40. The van der Waals surface area contributed by atoms with E-state index in [4.69, 9.17) is 4.74 Å². The van der Waals surface area contributed by atoms with Gasteiger partial charge in [-0.1, -0.05) is 30.3 Å². The van der Waals surface area contributed by atoms with E-state index in [1.54, 1.807) is 6.20 Å². The number of sulfonamides is 1. The van der Waals surface area contributed by atoms with E-state index in [-0.39, 0.29) is 10.5 Å². The lowest BCUT2D eigenvalue weighted by Gasteiger charge is -2.08. The molecule has 3 aromatic rings. The maximum atomic E-state index is 12.5. The lowest BCUT2D eigenvalue weighted by Crippen LogP contribution is -2.30. The number of ether oxygens (including phenoxy) is 1. The number of amides is 1. The number of benzene rings is 2. The Balaban J connectivity index is 1.86. The summed E-state index contributed by atoms with van der Waals surface area (Å²) in [5, 5.41) is 0. The van der Waals surface area contributed by atoms with Gasteiger partial charge in [0.25, 0.3) is 15.9 Å². The van der Waals surface area contributed by atoms with Crippen LogP contribution in [0.2, 0.25) is 0 Å². The number of rotatable bonds is 5. The van der Waals surface area contributed by atoms with Crippen molar-refractivity contribution in [1.82, 2.24) is 9.71 Å². The number of aromatic amines is 1. The van der Waals surface area contributed by atoms with Crippen molar-refractivity contribution in [3.8, 4) is 16.9 Å². The fourth-order valence-corrected chi connectivity index (χ4v) is 3.37. The van der Waals surface area contributed by atoms with Crippen molar-refractivity contribution in [2.75, 3.05) is 7.11 Å². The van der Waals surface area contributed by atoms with Gasteiger partial charge in [-0.25, -0.2) is 13.1 Å². The van der Waals surface area contributed by atoms with E-state index in [9.17, 15) is 13.2 Å². The first-order valence-electron chi connectivity index (χ1n) is 7.44. The van der Waals surface area contributed by atoms with Crippen LogP contribution in [0, 0.1) is 0 Å². The second-order valence-electron chi connectivity index (χ2n) is 5.26. The lowest BCUT2D eigenvalue weighted by atomic mass is 10.0. The molecule has 0 aliphatic carbocycles. The van der Waals surface area contributed by atoms with E-state index < -0.39 is 15.9 Å². The molecule has 6 nitrogen and oxygen atoms in total. The lowest BCUT2D eigenvalue weighted by molar-refractivity contribution is 0.0982. The third-order valence-corrected chi connectivity index (χ3v) is 5.02. The Kier molecular flexibility index (Phi) is 4.58. The Labute approximate surface area is 145 Å². The van der Waals surface area contributed by atoms with E-state index in [1.165, 1.54) is 37.6 Å². The van der Waals surface area contributed by atoms with Gasteiger partial charge in [-0.2, -0.15) is 0 Å². The standard InChI is InChI=1S/C18H16N2O4S/c1-24-14-7-9-15(10-8-14)25(22,23)20-18(21)17-12-19-11-16(17)13-5-3-2-4-6-13/h2-12,19H,1H3,(H,20,21). The molecule has 3 rings (SSSR count). The van der Waals surface area contributed by atoms with Crippen molar-refractivity contribution >= 4 is 15.9 Å². The highest BCUT2D eigenvalue weighted by Crippen LogP contribution is 2.23. The van der Waals surface area contributed by atoms with Crippen molar-refractivity contribution in [2.45, 2.75) is 4.90 Å². The van der Waals surface area contributed by atoms with E-state index in [0.717, 1.165) is 5.56 Å². The number of methoxy groups -OCH3 is 1. The average molecular weight is 356 g/mol. The SMILES string of the molecule is COc1ccc(S(=O)(=O)NC(=O)c2c[nH]cc2-c2ccccc2)cc1. The summed E-state index contributed by atoms with van der Waals surface area (Å²) in [5.74, 6) is -0.168. The van der Waals surface area contributed by atoms with Crippen LogP contribution < -0.4 is 9.46 Å². The summed E-state index contributed by atoms with van der Waals surface area (Å²) >= 11 is 0. The molecule has 0 unspecified atom stereocenters. The van der Waals surface area contributed by atoms with Crippen LogP contribution in [-0.4, -0.2) is 26.4 Å². The van der Waals surface area contributed by atoms with Crippen molar-refractivity contribution in [2.24, 2.45) is 0 Å². The molecule has 0 radical (unpaired) electrons. The van der Waals surface area contributed by atoms with Crippen LogP contribution in [0.3, 0.4) is 0 Å². The first-order valence-corrected chi connectivity index (χ1v) is 8.93. The molecule has 1 amide bonds. The summed E-state index contributed by atoms with van der Waals surface area (Å²) in [7, 11) is -2.49. The molecule has 0 spiro atoms. The smallest absolute Gasteiger partial charge is 0.267 e. The van der Waals surface area contributed by atoms with Gasteiger partial charge in [0.2, 0.25) is 0 Å². The second-order valence-corrected chi connectivity index (χ2v) is 6.94. The largest absolute Gasteiger partial charge is 0.497 e. The Morgan fingerprint density at radius 2 is 1.68 bits per heavy atom. The third-order valence-electron chi connectivity index (χ3n) is 3.67. The number of H-pyrrole nitrogens is 1. The fraction of sp³-hybridized carbons (Fsp3) is 0.0556. The monoisotopic (exact) mass is 356 g/mol. The van der Waals surface area contributed by atoms with Gasteiger partial charge in [0.05, 0.1) is 17.6 Å². The molecule has 25 heavy (non-hydrogen) atoms. The second kappa shape index (κ2) is 6.82. The Bertz CT molecular complexity index is 977. The first-order chi connectivity index (χ1) is 12.0. The van der Waals surface area contributed by atoms with Gasteiger partial charge in [-0.05, 0) is 29.8 Å². The summed E-state index contributed by atoms with van der Waals surface area (Å²) in [6.07, 6.45) is 3.13. The highest BCUT2D eigenvalue weighted by atomic mass is 32.2. The van der Waals surface area contributed by atoms with Crippen molar-refractivity contribution in [3.63, 3.8) is 0 Å². The summed E-state index contributed by atoms with van der Waals surface area (Å²) in [5.41, 5.74) is 1.70. The number of nitrogens with one attached hydrogen (secondary N) is 2. The molecule has 1 heterocycles. The van der Waals surface area contributed by atoms with E-state index in [1.807, 2.05) is 30.3 Å². The zero-order valence-electron chi connectivity index (χ0n) is 13.4. The van der Waals surface area contributed by atoms with Crippen LogP contribution in [0.4, 0.5) is 0 Å². The third kappa shape index (κ3) is 3.56. The van der Waals surface area contributed by atoms with Gasteiger partial charge in [0, 0.05) is 18.0 Å². The van der Waals surface area contributed by atoms with Gasteiger partial charge in [-0.3, -0.25) is 4.79 Å². The normalized spacial score (nSPS) is 11.1. The zero-order chi connectivity index (χ0) is 17.9. The van der Waals surface area contributed by atoms with Gasteiger partial charge in [-0.15, -0.1) is 0 Å². The van der Waals surface area contributed by atoms with E-state index in [0.29, 0.717) is 11.3 Å². The molecule has 2 N–H and O–H groups in total. The maximum absolute atomic E-state index is 12.5. The maximum Gasteiger partial charge on any atom is 0.267 e. The van der Waals surface area contributed by atoms with Crippen molar-refractivity contribution in [3.05, 3.63) is 72.6 Å². The van der Waals surface area contributed by atoms with E-state index >= 15 is 0 Å². The van der Waals surface area contributed by atoms with Gasteiger partial charge >= 0.3 is 0 Å². The minimum atomic E-state index is -3.98. The molecular formula is C18H16N2O4S. The molecule has 2 aromatic carbocycles. The number of hydrogen-bond donors (Lipinski definition) is 2. The van der Waals surface area contributed by atoms with Crippen LogP contribution in [-0.2, 0) is 10.0 Å². The highest BCUT2D eigenvalue weighted by Gasteiger charge is 2.21. The summed E-state index contributed by atoms with van der Waals surface area (Å²) < 4.78 is 31.9. The molecule has 0 aliphatic heterocycles. The van der Waals surface area contributed by atoms with E-state index in [2.05, 4.69) is 9.71 Å². The Hall–Kier alpha value is -3.06. The number of hydrogen-bond acceptors (Lipinski definition) is 4. The summed E-state index contributed by atoms with van der Waals surface area (Å²) in [4.78, 5) is 15.3. The Morgan fingerprint density at radius 3 is 2.32 bits per heavy atom. The first kappa shape index (κ1) is 16.8. The van der Waals surface area contributed by atoms with Gasteiger partial charge in [0.15, 0.2) is 0 Å². The zero-order valence-corrected chi connectivity index (χ0v) is 14.2. The van der Waals surface area contributed by atoms with Crippen LogP contribution in [0.5, 0.6) is 5.75 Å². The van der Waals surface area contributed by atoms with Crippen LogP contribution in [0.15, 0.2) is 71.9 Å². The summed E-state index contributed by atoms with van der Waals surface area (Å²) in [6.45, 7) is 0. The predicted octanol–water partition coefficient (Wildman–Crippen LogP) is 2.81. The molecule has 0 aliphatic rings. The predicted molar refractivity (Wildman–Crippen MR) is 93.9 cm³/mol. The molecule has 1 aromatic heterocycles. The molecule has 0 atom stereocenters. The molecule has 7 heteroatoms. The number of carbonyl (C=O) groups excluding carboxylic acids is 1.